The average molecular weight is 307 g/mol. The molecule has 0 aliphatic rings. The van der Waals surface area contributed by atoms with E-state index in [4.69, 9.17) is 4.89 Å². The van der Waals surface area contributed by atoms with E-state index in [9.17, 15) is 27.4 Å². The Kier molecular flexibility index (Phi) is 6.64. The summed E-state index contributed by atoms with van der Waals surface area (Å²) >= 11 is 0. The Morgan fingerprint density at radius 1 is 1.37 bits per heavy atom. The lowest BCUT2D eigenvalue weighted by Crippen LogP contribution is -2.43. The predicted molar refractivity (Wildman–Crippen MR) is 57.9 cm³/mol. The van der Waals surface area contributed by atoms with Crippen molar-refractivity contribution in [1.29, 1.82) is 0 Å². The van der Waals surface area contributed by atoms with Crippen molar-refractivity contribution >= 4 is 13.6 Å². The normalized spacial score (nSPS) is 16.2. The molecule has 1 N–H and O–H groups in total. The summed E-state index contributed by atoms with van der Waals surface area (Å²) in [5.41, 5.74) is 0. The number of hydrogen-bond acceptors (Lipinski definition) is 4. The molecular weight excluding hydrogens is 290 g/mol. The van der Waals surface area contributed by atoms with Gasteiger partial charge in [0.15, 0.2) is 0 Å². The van der Waals surface area contributed by atoms with Gasteiger partial charge in [-0.2, -0.15) is 13.2 Å². The largest absolute Gasteiger partial charge is 0.756 e. The number of quaternary nitrogens is 1. The predicted octanol–water partition coefficient (Wildman–Crippen LogP) is 0.452. The second-order valence-electron chi connectivity index (χ2n) is 4.71. The lowest BCUT2D eigenvalue weighted by Gasteiger charge is -2.30. The zero-order valence-corrected chi connectivity index (χ0v) is 11.5. The molecule has 0 spiro atoms. The molecule has 0 radical (unpaired) electrons. The van der Waals surface area contributed by atoms with Crippen LogP contribution >= 0.6 is 7.82 Å². The van der Waals surface area contributed by atoms with E-state index in [1.165, 1.54) is 0 Å². The van der Waals surface area contributed by atoms with Crippen LogP contribution < -0.4 is 4.89 Å². The van der Waals surface area contributed by atoms with E-state index in [0.29, 0.717) is 0 Å². The fourth-order valence-corrected chi connectivity index (χ4v) is 1.64. The number of likely N-dealkylation sites (N-methyl/N-ethyl adjacent to an activating group) is 1. The molecule has 0 amide bonds. The number of phosphoric acid groups is 1. The Morgan fingerprint density at radius 3 is 2.32 bits per heavy atom. The molecule has 0 saturated heterocycles. The lowest BCUT2D eigenvalue weighted by atomic mass is 10.2. The number of nitrogens with zero attached hydrogens (tertiary/aromatic N) is 1. The topological polar surface area (TPSA) is 86.7 Å². The number of ketones is 1. The van der Waals surface area contributed by atoms with Crippen LogP contribution in [0.4, 0.5) is 13.2 Å². The van der Waals surface area contributed by atoms with E-state index < -0.39 is 26.2 Å². The third-order valence-electron chi connectivity index (χ3n) is 2.43. The monoisotopic (exact) mass is 307 g/mol. The van der Waals surface area contributed by atoms with Crippen LogP contribution in [0.5, 0.6) is 0 Å². The second-order valence-corrected chi connectivity index (χ2v) is 5.90. The van der Waals surface area contributed by atoms with Gasteiger partial charge in [-0.05, 0) is 0 Å². The zero-order chi connectivity index (χ0) is 15.3. The van der Waals surface area contributed by atoms with E-state index in [-0.39, 0.29) is 30.6 Å². The molecule has 0 rings (SSSR count). The molecule has 0 aromatic heterocycles. The highest BCUT2D eigenvalue weighted by molar-refractivity contribution is 7.44. The summed E-state index contributed by atoms with van der Waals surface area (Å²) in [6.45, 7) is 0.143. The maximum absolute atomic E-state index is 11.9. The number of hydrogen-bond donors (Lipinski definition) is 1. The third kappa shape index (κ3) is 10.0. The van der Waals surface area contributed by atoms with Crippen LogP contribution in [-0.4, -0.2) is 55.1 Å². The molecular formula is C9H17F3NO5P. The molecule has 0 bridgehead atoms. The number of phosphoric ester groups is 1. The second kappa shape index (κ2) is 6.81. The van der Waals surface area contributed by atoms with E-state index in [1.54, 1.807) is 14.1 Å². The molecule has 0 aromatic carbocycles. The van der Waals surface area contributed by atoms with Gasteiger partial charge in [0.25, 0.3) is 7.82 Å². The van der Waals surface area contributed by atoms with Gasteiger partial charge in [-0.3, -0.25) is 9.36 Å². The van der Waals surface area contributed by atoms with Gasteiger partial charge >= 0.3 is 6.18 Å². The third-order valence-corrected chi connectivity index (χ3v) is 2.94. The van der Waals surface area contributed by atoms with Crippen molar-refractivity contribution in [1.82, 2.24) is 0 Å². The van der Waals surface area contributed by atoms with Gasteiger partial charge in [0, 0.05) is 12.8 Å². The Morgan fingerprint density at radius 2 is 1.89 bits per heavy atom. The maximum atomic E-state index is 11.9. The van der Waals surface area contributed by atoms with Crippen LogP contribution in [0.15, 0.2) is 0 Å². The van der Waals surface area contributed by atoms with Crippen LogP contribution in [0.3, 0.4) is 0 Å². The van der Waals surface area contributed by atoms with Crippen molar-refractivity contribution in [2.45, 2.75) is 19.0 Å². The number of carbonyl (C=O) groups excluding carboxylic acids is 1. The quantitative estimate of drug-likeness (QED) is 0.520. The van der Waals surface area contributed by atoms with E-state index in [0.717, 1.165) is 0 Å². The average Bonchev–Trinajstić information content (AvgIpc) is 2.12. The molecule has 0 aliphatic heterocycles. The molecule has 0 saturated carbocycles. The first-order chi connectivity index (χ1) is 8.33. The minimum atomic E-state index is -4.81. The molecule has 19 heavy (non-hydrogen) atoms. The summed E-state index contributed by atoms with van der Waals surface area (Å²) in [6.07, 6.45) is -5.39. The van der Waals surface area contributed by atoms with Crippen LogP contribution in [0.25, 0.3) is 0 Å². The summed E-state index contributed by atoms with van der Waals surface area (Å²) in [5, 5.41) is 0. The Hall–Kier alpha value is -0.470. The Bertz CT molecular complexity index is 352. The molecule has 0 heterocycles. The minimum absolute atomic E-state index is 0.0273. The fourth-order valence-electron chi connectivity index (χ4n) is 1.32. The molecule has 114 valence electrons. The van der Waals surface area contributed by atoms with Gasteiger partial charge in [0.05, 0.1) is 20.6 Å². The number of rotatable bonds is 8. The van der Waals surface area contributed by atoms with Crippen molar-refractivity contribution in [3.05, 3.63) is 0 Å². The summed E-state index contributed by atoms with van der Waals surface area (Å²) in [6, 6.07) is 0. The molecule has 10 heteroatoms. The van der Waals surface area contributed by atoms with Crippen LogP contribution in [0.1, 0.15) is 12.8 Å². The van der Waals surface area contributed by atoms with Gasteiger partial charge in [-0.15, -0.1) is 0 Å². The lowest BCUT2D eigenvalue weighted by molar-refractivity contribution is -0.890. The number of halogens is 3. The van der Waals surface area contributed by atoms with Crippen LogP contribution in [0.2, 0.25) is 0 Å². The number of Topliss-reactive ketones (excluding diaryl/α,β-unsaturated/α-hetero) is 1. The highest BCUT2D eigenvalue weighted by atomic mass is 31.2. The van der Waals surface area contributed by atoms with Gasteiger partial charge in [-0.1, -0.05) is 0 Å². The molecule has 1 atom stereocenters. The zero-order valence-electron chi connectivity index (χ0n) is 10.6. The Labute approximate surface area is 109 Å². The van der Waals surface area contributed by atoms with E-state index >= 15 is 0 Å². The highest BCUT2D eigenvalue weighted by Gasteiger charge is 2.37. The van der Waals surface area contributed by atoms with Gasteiger partial charge in [0.1, 0.15) is 13.2 Å². The molecule has 0 aromatic rings. The van der Waals surface area contributed by atoms with Gasteiger partial charge in [0.2, 0.25) is 5.78 Å². The fraction of sp³-hybridized carbons (Fsp3) is 0.889. The minimum Gasteiger partial charge on any atom is -0.756 e. The van der Waals surface area contributed by atoms with Gasteiger partial charge < -0.3 is 18.8 Å². The first-order valence-corrected chi connectivity index (χ1v) is 6.93. The number of alkyl halides is 3. The molecule has 0 fully saturated rings. The van der Waals surface area contributed by atoms with Gasteiger partial charge in [-0.25, -0.2) is 0 Å². The summed E-state index contributed by atoms with van der Waals surface area (Å²) in [7, 11) is -1.48. The first-order valence-electron chi connectivity index (χ1n) is 5.44. The Balaban J connectivity index is 3.98. The maximum Gasteiger partial charge on any atom is 0.449 e. The van der Waals surface area contributed by atoms with Crippen molar-refractivity contribution in [3.8, 4) is 0 Å². The summed E-state index contributed by atoms with van der Waals surface area (Å²) in [5.74, 6) is -1.77. The van der Waals surface area contributed by atoms with Crippen molar-refractivity contribution in [2.75, 3.05) is 33.8 Å². The van der Waals surface area contributed by atoms with E-state index in [1.807, 2.05) is 0 Å². The van der Waals surface area contributed by atoms with Crippen molar-refractivity contribution in [3.63, 3.8) is 0 Å². The highest BCUT2D eigenvalue weighted by Crippen LogP contribution is 2.29. The summed E-state index contributed by atoms with van der Waals surface area (Å²) in [4.78, 5) is 29.3. The first kappa shape index (κ1) is 18.5. The smallest absolute Gasteiger partial charge is 0.449 e. The van der Waals surface area contributed by atoms with E-state index in [2.05, 4.69) is 4.52 Å². The molecule has 1 unspecified atom stereocenters. The molecule has 6 nitrogen and oxygen atoms in total. The van der Waals surface area contributed by atoms with Crippen LogP contribution in [-0.2, 0) is 13.9 Å². The van der Waals surface area contributed by atoms with Crippen molar-refractivity contribution in [2.24, 2.45) is 0 Å². The van der Waals surface area contributed by atoms with Crippen LogP contribution in [0, 0.1) is 0 Å². The molecule has 0 aliphatic carbocycles. The number of carbonyl (C=O) groups is 1. The summed E-state index contributed by atoms with van der Waals surface area (Å²) < 4.78 is 50.4. The SMILES string of the molecule is C[N+](C)(CCCC(=O)C(F)(F)F)CCOP(=O)([O-])O. The standard InChI is InChI=1S/C9H17F3NO5P/c1-13(2,6-7-18-19(15,16)17)5-3-4-8(14)9(10,11)12/h3-7H2,1-2H3,(H-,15,16,17). The van der Waals surface area contributed by atoms with Crippen molar-refractivity contribution < 1.29 is 41.3 Å².